The summed E-state index contributed by atoms with van der Waals surface area (Å²) >= 11 is 1.49. The number of nitrogens with zero attached hydrogens (tertiary/aromatic N) is 3. The Balaban J connectivity index is 1.89. The zero-order chi connectivity index (χ0) is 19.9. The van der Waals surface area contributed by atoms with E-state index in [1.807, 2.05) is 13.0 Å². The monoisotopic (exact) mass is 408 g/mol. The number of aromatic nitrogens is 2. The Bertz CT molecular complexity index is 866. The van der Waals surface area contributed by atoms with E-state index >= 15 is 0 Å². The van der Waals surface area contributed by atoms with Gasteiger partial charge in [0.25, 0.3) is 0 Å². The molecule has 0 aliphatic carbocycles. The Hall–Kier alpha value is -1.97. The van der Waals surface area contributed by atoms with Gasteiger partial charge in [-0.15, -0.1) is 11.8 Å². The first-order chi connectivity index (χ1) is 12.9. The molecule has 0 atom stereocenters. The van der Waals surface area contributed by atoms with Crippen LogP contribution in [0.25, 0.3) is 0 Å². The lowest BCUT2D eigenvalue weighted by atomic mass is 10.3. The fourth-order valence-corrected chi connectivity index (χ4v) is 4.73. The van der Waals surface area contributed by atoms with Gasteiger partial charge >= 0.3 is 0 Å². The lowest BCUT2D eigenvalue weighted by Gasteiger charge is -2.18. The Morgan fingerprint density at radius 1 is 1.15 bits per heavy atom. The predicted octanol–water partition coefficient (Wildman–Crippen LogP) is 2.94. The molecule has 7 nitrogen and oxygen atoms in total. The standard InChI is InChI=1S/C18H24N4O3S2/c1-4-22(5-2)27(24,25)16-8-6-15(7-9-16)21-17(23)10-11-26-18-12-14(3)19-13-20-18/h6-9,12-13H,4-5,10-11H2,1-3H3,(H,21,23). The van der Waals surface area contributed by atoms with Crippen LogP contribution in [0.5, 0.6) is 0 Å². The number of thioether (sulfide) groups is 1. The molecule has 27 heavy (non-hydrogen) atoms. The van der Waals surface area contributed by atoms with Gasteiger partial charge in [0.15, 0.2) is 0 Å². The minimum Gasteiger partial charge on any atom is -0.326 e. The molecule has 0 aliphatic rings. The molecule has 0 aliphatic heterocycles. The summed E-state index contributed by atoms with van der Waals surface area (Å²) in [5, 5.41) is 3.62. The molecule has 146 valence electrons. The van der Waals surface area contributed by atoms with Crippen LogP contribution in [-0.4, -0.2) is 47.4 Å². The highest BCUT2D eigenvalue weighted by Gasteiger charge is 2.21. The molecule has 1 heterocycles. The van der Waals surface area contributed by atoms with Crippen molar-refractivity contribution in [3.63, 3.8) is 0 Å². The number of hydrogen-bond acceptors (Lipinski definition) is 6. The molecule has 2 rings (SSSR count). The van der Waals surface area contributed by atoms with Crippen LogP contribution in [-0.2, 0) is 14.8 Å². The second-order valence-corrected chi connectivity index (χ2v) is 8.81. The van der Waals surface area contributed by atoms with Crippen LogP contribution >= 0.6 is 11.8 Å². The quantitative estimate of drug-likeness (QED) is 0.507. The fraction of sp³-hybridized carbons (Fsp3) is 0.389. The largest absolute Gasteiger partial charge is 0.326 e. The molecule has 0 saturated carbocycles. The average Bonchev–Trinajstić information content (AvgIpc) is 2.63. The maximum atomic E-state index is 12.5. The lowest BCUT2D eigenvalue weighted by molar-refractivity contribution is -0.115. The van der Waals surface area contributed by atoms with Crippen LogP contribution in [0.4, 0.5) is 5.69 Å². The summed E-state index contributed by atoms with van der Waals surface area (Å²) in [4.78, 5) is 20.5. The maximum Gasteiger partial charge on any atom is 0.243 e. The van der Waals surface area contributed by atoms with Crippen LogP contribution in [0.1, 0.15) is 26.0 Å². The van der Waals surface area contributed by atoms with Crippen molar-refractivity contribution in [1.82, 2.24) is 14.3 Å². The normalized spacial score (nSPS) is 11.6. The van der Waals surface area contributed by atoms with Gasteiger partial charge in [-0.3, -0.25) is 4.79 Å². The van der Waals surface area contributed by atoms with Gasteiger partial charge in [0, 0.05) is 36.6 Å². The molecule has 1 amide bonds. The number of amides is 1. The van der Waals surface area contributed by atoms with E-state index in [2.05, 4.69) is 15.3 Å². The van der Waals surface area contributed by atoms with Crippen LogP contribution in [0.3, 0.4) is 0 Å². The molecule has 1 N–H and O–H groups in total. The summed E-state index contributed by atoms with van der Waals surface area (Å²) in [6.45, 7) is 6.33. The summed E-state index contributed by atoms with van der Waals surface area (Å²) in [5.41, 5.74) is 1.46. The number of sulfonamides is 1. The number of anilines is 1. The first kappa shape index (κ1) is 21.3. The van der Waals surface area contributed by atoms with Crippen molar-refractivity contribution >= 4 is 33.4 Å². The van der Waals surface area contributed by atoms with Crippen molar-refractivity contribution in [3.8, 4) is 0 Å². The third-order valence-corrected chi connectivity index (χ3v) is 6.83. The number of benzene rings is 1. The number of nitrogens with one attached hydrogen (secondary N) is 1. The second kappa shape index (κ2) is 9.82. The van der Waals surface area contributed by atoms with Gasteiger partial charge in [-0.2, -0.15) is 4.31 Å². The van der Waals surface area contributed by atoms with E-state index < -0.39 is 10.0 Å². The van der Waals surface area contributed by atoms with E-state index in [4.69, 9.17) is 0 Å². The predicted molar refractivity (Wildman–Crippen MR) is 107 cm³/mol. The summed E-state index contributed by atoms with van der Waals surface area (Å²) < 4.78 is 26.3. The summed E-state index contributed by atoms with van der Waals surface area (Å²) in [7, 11) is -3.49. The SMILES string of the molecule is CCN(CC)S(=O)(=O)c1ccc(NC(=O)CCSc2cc(C)ncn2)cc1. The van der Waals surface area contributed by atoms with Gasteiger partial charge in [-0.05, 0) is 37.3 Å². The highest BCUT2D eigenvalue weighted by molar-refractivity contribution is 7.99. The number of rotatable bonds is 9. The summed E-state index contributed by atoms with van der Waals surface area (Å²) in [6.07, 6.45) is 1.83. The zero-order valence-corrected chi connectivity index (χ0v) is 17.3. The van der Waals surface area contributed by atoms with E-state index in [0.29, 0.717) is 31.0 Å². The Morgan fingerprint density at radius 3 is 2.41 bits per heavy atom. The second-order valence-electron chi connectivity index (χ2n) is 5.76. The van der Waals surface area contributed by atoms with Crippen LogP contribution in [0.2, 0.25) is 0 Å². The van der Waals surface area contributed by atoms with Crippen LogP contribution in [0.15, 0.2) is 46.6 Å². The average molecular weight is 409 g/mol. The summed E-state index contributed by atoms with van der Waals surface area (Å²) in [5.74, 6) is 0.462. The van der Waals surface area contributed by atoms with Gasteiger partial charge in [-0.25, -0.2) is 18.4 Å². The van der Waals surface area contributed by atoms with Crippen molar-refractivity contribution in [1.29, 1.82) is 0 Å². The van der Waals surface area contributed by atoms with Gasteiger partial charge in [-0.1, -0.05) is 13.8 Å². The summed E-state index contributed by atoms with van der Waals surface area (Å²) in [6, 6.07) is 8.12. The zero-order valence-electron chi connectivity index (χ0n) is 15.7. The molecule has 1 aromatic carbocycles. The van der Waals surface area contributed by atoms with Crippen LogP contribution < -0.4 is 5.32 Å². The topological polar surface area (TPSA) is 92.3 Å². The molecule has 0 fully saturated rings. The highest BCUT2D eigenvalue weighted by atomic mass is 32.2. The number of carbonyl (C=O) groups is 1. The van der Waals surface area contributed by atoms with Crippen molar-refractivity contribution in [3.05, 3.63) is 42.4 Å². The van der Waals surface area contributed by atoms with Gasteiger partial charge in [0.1, 0.15) is 6.33 Å². The third kappa shape index (κ3) is 6.02. The Morgan fingerprint density at radius 2 is 1.81 bits per heavy atom. The van der Waals surface area contributed by atoms with Crippen molar-refractivity contribution in [2.24, 2.45) is 0 Å². The van der Waals surface area contributed by atoms with Crippen LogP contribution in [0, 0.1) is 6.92 Å². The highest BCUT2D eigenvalue weighted by Crippen LogP contribution is 2.19. The molecular formula is C18H24N4O3S2. The van der Waals surface area contributed by atoms with E-state index in [1.54, 1.807) is 26.0 Å². The van der Waals surface area contributed by atoms with E-state index in [0.717, 1.165) is 10.7 Å². The molecular weight excluding hydrogens is 384 g/mol. The minimum atomic E-state index is -3.49. The molecule has 0 radical (unpaired) electrons. The molecule has 0 unspecified atom stereocenters. The van der Waals surface area contributed by atoms with Gasteiger partial charge in [0.2, 0.25) is 15.9 Å². The van der Waals surface area contributed by atoms with E-state index in [9.17, 15) is 13.2 Å². The molecule has 1 aromatic heterocycles. The molecule has 0 saturated heterocycles. The van der Waals surface area contributed by atoms with E-state index in [-0.39, 0.29) is 10.8 Å². The molecule has 0 spiro atoms. The molecule has 2 aromatic rings. The first-order valence-electron chi connectivity index (χ1n) is 8.68. The Labute approximate surface area is 164 Å². The van der Waals surface area contributed by atoms with Gasteiger partial charge in [0.05, 0.1) is 9.92 Å². The number of carbonyl (C=O) groups excluding carboxylic acids is 1. The fourth-order valence-electron chi connectivity index (χ4n) is 2.40. The smallest absolute Gasteiger partial charge is 0.243 e. The first-order valence-corrected chi connectivity index (χ1v) is 11.1. The van der Waals surface area contributed by atoms with Gasteiger partial charge < -0.3 is 5.32 Å². The van der Waals surface area contributed by atoms with Crippen molar-refractivity contribution < 1.29 is 13.2 Å². The number of aryl methyl sites for hydroxylation is 1. The molecule has 0 bridgehead atoms. The third-order valence-electron chi connectivity index (χ3n) is 3.84. The minimum absolute atomic E-state index is 0.132. The lowest BCUT2D eigenvalue weighted by Crippen LogP contribution is -2.30. The van der Waals surface area contributed by atoms with Crippen molar-refractivity contribution in [2.75, 3.05) is 24.2 Å². The molecule has 9 heteroatoms. The van der Waals surface area contributed by atoms with E-state index in [1.165, 1.54) is 34.5 Å². The maximum absolute atomic E-state index is 12.5. The Kier molecular flexibility index (Phi) is 7.76. The van der Waals surface area contributed by atoms with Crippen molar-refractivity contribution in [2.45, 2.75) is 37.1 Å². The number of hydrogen-bond donors (Lipinski definition) is 1.